The molecule has 1 aromatic carbocycles. The second kappa shape index (κ2) is 7.26. The van der Waals surface area contributed by atoms with Gasteiger partial charge in [-0.2, -0.15) is 0 Å². The molecule has 1 aliphatic carbocycles. The first-order valence-electron chi connectivity index (χ1n) is 9.52. The molecule has 5 nitrogen and oxygen atoms in total. The molecule has 2 atom stereocenters. The highest BCUT2D eigenvalue weighted by molar-refractivity contribution is 6.42. The SMILES string of the molecule is CN1C(=O)[C@H]2COC[C@@H]1CN(C(=O)C1(c3ccc(Cl)c(Cl)c3)CCCC1)C2. The van der Waals surface area contributed by atoms with E-state index < -0.39 is 5.41 Å². The van der Waals surface area contributed by atoms with Gasteiger partial charge in [-0.3, -0.25) is 9.59 Å². The lowest BCUT2D eigenvalue weighted by molar-refractivity contribution is -0.139. The van der Waals surface area contributed by atoms with Crippen molar-refractivity contribution in [3.8, 4) is 0 Å². The lowest BCUT2D eigenvalue weighted by atomic mass is 9.77. The first-order valence-corrected chi connectivity index (χ1v) is 10.3. The van der Waals surface area contributed by atoms with E-state index in [0.29, 0.717) is 36.3 Å². The number of rotatable bonds is 2. The first kappa shape index (κ1) is 19.0. The quantitative estimate of drug-likeness (QED) is 0.752. The van der Waals surface area contributed by atoms with E-state index in [4.69, 9.17) is 27.9 Å². The Hall–Kier alpha value is -1.30. The number of likely N-dealkylation sites (N-methyl/N-ethyl adjacent to an activating group) is 1. The first-order chi connectivity index (χ1) is 12.9. The number of carbonyl (C=O) groups excluding carboxylic acids is 2. The molecular formula is C20H24Cl2N2O3. The van der Waals surface area contributed by atoms with E-state index >= 15 is 0 Å². The Kier molecular flexibility index (Phi) is 5.12. The van der Waals surface area contributed by atoms with E-state index in [1.165, 1.54) is 0 Å². The Morgan fingerprint density at radius 2 is 1.89 bits per heavy atom. The van der Waals surface area contributed by atoms with Crippen molar-refractivity contribution in [2.45, 2.75) is 37.1 Å². The van der Waals surface area contributed by atoms with Gasteiger partial charge >= 0.3 is 0 Å². The number of amides is 2. The van der Waals surface area contributed by atoms with Gasteiger partial charge in [0, 0.05) is 20.1 Å². The van der Waals surface area contributed by atoms with Crippen molar-refractivity contribution in [2.75, 3.05) is 33.4 Å². The summed E-state index contributed by atoms with van der Waals surface area (Å²) in [6.45, 7) is 1.79. The van der Waals surface area contributed by atoms with Gasteiger partial charge in [0.15, 0.2) is 0 Å². The maximum Gasteiger partial charge on any atom is 0.233 e. The van der Waals surface area contributed by atoms with E-state index in [9.17, 15) is 9.59 Å². The molecule has 4 rings (SSSR count). The summed E-state index contributed by atoms with van der Waals surface area (Å²) in [4.78, 5) is 30.1. The van der Waals surface area contributed by atoms with Crippen molar-refractivity contribution in [1.82, 2.24) is 9.80 Å². The molecule has 0 unspecified atom stereocenters. The fourth-order valence-electron chi connectivity index (χ4n) is 4.77. The number of ether oxygens (including phenoxy) is 1. The van der Waals surface area contributed by atoms with Crippen molar-refractivity contribution in [2.24, 2.45) is 5.92 Å². The van der Waals surface area contributed by atoms with Crippen molar-refractivity contribution in [3.05, 3.63) is 33.8 Å². The van der Waals surface area contributed by atoms with Crippen LogP contribution in [0, 0.1) is 5.92 Å². The summed E-state index contributed by atoms with van der Waals surface area (Å²) in [6, 6.07) is 5.44. The Morgan fingerprint density at radius 3 is 2.59 bits per heavy atom. The van der Waals surface area contributed by atoms with Crippen LogP contribution in [0.3, 0.4) is 0 Å². The number of halogens is 2. The van der Waals surface area contributed by atoms with Crippen LogP contribution in [0.5, 0.6) is 0 Å². The van der Waals surface area contributed by atoms with Crippen LogP contribution >= 0.6 is 23.2 Å². The average Bonchev–Trinajstić information content (AvgIpc) is 3.05. The van der Waals surface area contributed by atoms with E-state index in [0.717, 1.165) is 31.2 Å². The van der Waals surface area contributed by atoms with E-state index in [1.807, 2.05) is 24.1 Å². The van der Waals surface area contributed by atoms with Crippen molar-refractivity contribution >= 4 is 35.0 Å². The van der Waals surface area contributed by atoms with E-state index in [-0.39, 0.29) is 23.8 Å². The van der Waals surface area contributed by atoms with Crippen molar-refractivity contribution in [1.29, 1.82) is 0 Å². The summed E-state index contributed by atoms with van der Waals surface area (Å²) in [7, 11) is 1.81. The largest absolute Gasteiger partial charge is 0.378 e. The zero-order chi connectivity index (χ0) is 19.2. The Morgan fingerprint density at radius 1 is 1.15 bits per heavy atom. The number of carbonyl (C=O) groups is 2. The molecule has 3 aliphatic rings. The third kappa shape index (κ3) is 3.24. The molecule has 7 heteroatoms. The minimum Gasteiger partial charge on any atom is -0.378 e. The minimum absolute atomic E-state index is 0.0720. The second-order valence-electron chi connectivity index (χ2n) is 7.97. The maximum atomic E-state index is 13.8. The van der Waals surface area contributed by atoms with Gasteiger partial charge in [-0.15, -0.1) is 0 Å². The van der Waals surface area contributed by atoms with E-state index in [2.05, 4.69) is 0 Å². The summed E-state index contributed by atoms with van der Waals surface area (Å²) in [6.07, 6.45) is 3.62. The molecule has 0 spiro atoms. The van der Waals surface area contributed by atoms with Crippen LogP contribution in [0.1, 0.15) is 31.2 Å². The van der Waals surface area contributed by atoms with Gasteiger partial charge in [-0.1, -0.05) is 42.1 Å². The molecule has 3 fully saturated rings. The molecule has 2 saturated heterocycles. The van der Waals surface area contributed by atoms with Crippen LogP contribution in [0.4, 0.5) is 0 Å². The van der Waals surface area contributed by atoms with E-state index in [1.54, 1.807) is 11.0 Å². The highest BCUT2D eigenvalue weighted by atomic mass is 35.5. The smallest absolute Gasteiger partial charge is 0.233 e. The van der Waals surface area contributed by atoms with Crippen LogP contribution in [0.2, 0.25) is 10.0 Å². The Labute approximate surface area is 169 Å². The lowest BCUT2D eigenvalue weighted by Crippen LogP contribution is -2.51. The zero-order valence-corrected chi connectivity index (χ0v) is 16.9. The van der Waals surface area contributed by atoms with Crippen LogP contribution in [0.25, 0.3) is 0 Å². The molecule has 27 heavy (non-hydrogen) atoms. The van der Waals surface area contributed by atoms with Gasteiger partial charge < -0.3 is 14.5 Å². The minimum atomic E-state index is -0.574. The van der Waals surface area contributed by atoms with Gasteiger partial charge in [0.25, 0.3) is 0 Å². The number of hydrogen-bond donors (Lipinski definition) is 0. The van der Waals surface area contributed by atoms with Crippen LogP contribution in [0.15, 0.2) is 18.2 Å². The van der Waals surface area contributed by atoms with Gasteiger partial charge in [-0.05, 0) is 30.5 Å². The second-order valence-corrected chi connectivity index (χ2v) is 8.78. The molecule has 2 heterocycles. The number of benzene rings is 1. The predicted molar refractivity (Wildman–Crippen MR) is 104 cm³/mol. The van der Waals surface area contributed by atoms with Gasteiger partial charge in [0.1, 0.15) is 0 Å². The summed E-state index contributed by atoms with van der Waals surface area (Å²) in [5.74, 6) is -0.111. The molecule has 0 aromatic heterocycles. The molecule has 2 aliphatic heterocycles. The molecule has 0 N–H and O–H groups in total. The highest BCUT2D eigenvalue weighted by Gasteiger charge is 2.48. The summed E-state index contributed by atoms with van der Waals surface area (Å²) in [5.41, 5.74) is 0.361. The summed E-state index contributed by atoms with van der Waals surface area (Å²) >= 11 is 12.4. The van der Waals surface area contributed by atoms with Crippen LogP contribution in [-0.2, 0) is 19.7 Å². The molecular weight excluding hydrogens is 387 g/mol. The molecule has 2 amide bonds. The third-order valence-electron chi connectivity index (χ3n) is 6.37. The number of fused-ring (bicyclic) bond motifs is 3. The molecule has 1 aromatic rings. The monoisotopic (exact) mass is 410 g/mol. The number of hydrogen-bond acceptors (Lipinski definition) is 3. The van der Waals surface area contributed by atoms with Gasteiger partial charge in [0.2, 0.25) is 11.8 Å². The molecule has 2 bridgehead atoms. The molecule has 146 valence electrons. The standard InChI is InChI=1S/C20H24Cl2N2O3/c1-23-15-10-24(9-13(18(23)25)11-27-12-15)19(26)20(6-2-3-7-20)14-4-5-16(21)17(22)8-14/h4-5,8,13,15H,2-3,6-7,9-12H2,1H3/t13-,15+/m1/s1. The average molecular weight is 411 g/mol. The van der Waals surface area contributed by atoms with Gasteiger partial charge in [0.05, 0.1) is 40.6 Å². The van der Waals surface area contributed by atoms with Gasteiger partial charge in [-0.25, -0.2) is 0 Å². The highest BCUT2D eigenvalue weighted by Crippen LogP contribution is 2.44. The van der Waals surface area contributed by atoms with Crippen molar-refractivity contribution < 1.29 is 14.3 Å². The fourth-order valence-corrected chi connectivity index (χ4v) is 5.06. The summed E-state index contributed by atoms with van der Waals surface area (Å²) < 4.78 is 5.66. The maximum absolute atomic E-state index is 13.8. The lowest BCUT2D eigenvalue weighted by Gasteiger charge is -2.37. The Balaban J connectivity index is 1.68. The fraction of sp³-hybridized carbons (Fsp3) is 0.600. The normalized spacial score (nSPS) is 27.6. The summed E-state index contributed by atoms with van der Waals surface area (Å²) in [5, 5.41) is 0.971. The van der Waals surface area contributed by atoms with Crippen LogP contribution in [-0.4, -0.2) is 61.0 Å². The van der Waals surface area contributed by atoms with Crippen LogP contribution < -0.4 is 0 Å². The Bertz CT molecular complexity index is 764. The third-order valence-corrected chi connectivity index (χ3v) is 7.11. The zero-order valence-electron chi connectivity index (χ0n) is 15.4. The van der Waals surface area contributed by atoms with Crippen molar-refractivity contribution in [3.63, 3.8) is 0 Å². The topological polar surface area (TPSA) is 49.9 Å². The molecule has 1 saturated carbocycles. The predicted octanol–water partition coefficient (Wildman–Crippen LogP) is 3.12. The molecule has 0 radical (unpaired) electrons. The number of nitrogens with zero attached hydrogens (tertiary/aromatic N) is 2.